The number of nitrogens with two attached hydrogens (primary N) is 1. The number of nitrogen functional groups attached to an aromatic ring is 1. The topological polar surface area (TPSA) is 66.5 Å². The number of rotatable bonds is 1. The zero-order chi connectivity index (χ0) is 9.56. The Balaban J connectivity index is 0.000000561. The summed E-state index contributed by atoms with van der Waals surface area (Å²) >= 11 is 0. The quantitative estimate of drug-likeness (QED) is 0.406. The zero-order valence-corrected chi connectivity index (χ0v) is 7.36. The fraction of sp³-hybridized carbons (Fsp3) is 0.250. The van der Waals surface area contributed by atoms with Crippen molar-refractivity contribution in [3.05, 3.63) is 24.3 Å². The number of hydrogen-bond acceptors (Lipinski definition) is 3. The Bertz CT molecular complexity index is 228. The molecule has 0 amide bonds. The molecule has 0 aliphatic heterocycles. The van der Waals surface area contributed by atoms with Crippen LogP contribution in [0, 0.1) is 0 Å². The summed E-state index contributed by atoms with van der Waals surface area (Å²) in [5, 5.41) is 17.4. The van der Waals surface area contributed by atoms with Gasteiger partial charge < -0.3 is 15.8 Å². The third-order valence-electron chi connectivity index (χ3n) is 1.27. The highest BCUT2D eigenvalue weighted by molar-refractivity contribution is 6.60. The molecular formula is C8H14BNO2. The predicted octanol–water partition coefficient (Wildman–Crippen LogP) is -0.0252. The highest BCUT2D eigenvalue weighted by Gasteiger charge is 2.12. The smallest absolute Gasteiger partial charge is 0.423 e. The van der Waals surface area contributed by atoms with E-state index >= 15 is 0 Å². The summed E-state index contributed by atoms with van der Waals surface area (Å²) in [5.41, 5.74) is 6.15. The molecule has 0 heterocycles. The molecule has 0 spiro atoms. The zero-order valence-electron chi connectivity index (χ0n) is 7.36. The molecule has 0 saturated carbocycles. The number of hydrogen-bond donors (Lipinski definition) is 3. The molecule has 4 heteroatoms. The molecule has 1 aromatic rings. The summed E-state index contributed by atoms with van der Waals surface area (Å²) < 4.78 is 0. The highest BCUT2D eigenvalue weighted by atomic mass is 16.4. The molecular weight excluding hydrogens is 153 g/mol. The summed E-state index contributed by atoms with van der Waals surface area (Å²) in [5.74, 6) is 0. The van der Waals surface area contributed by atoms with Gasteiger partial charge in [-0.15, -0.1) is 0 Å². The van der Waals surface area contributed by atoms with Crippen molar-refractivity contribution in [2.24, 2.45) is 0 Å². The standard InChI is InChI=1S/C6H8BNO2.C2H6/c8-6-4-2-1-3-5(6)7(9)10;1-2/h1-4,9-10H,8H2;1-2H3. The minimum absolute atomic E-state index is 0.350. The van der Waals surface area contributed by atoms with E-state index in [-0.39, 0.29) is 0 Å². The van der Waals surface area contributed by atoms with Crippen LogP contribution in [0.4, 0.5) is 5.69 Å². The van der Waals surface area contributed by atoms with Gasteiger partial charge in [0.1, 0.15) is 0 Å². The molecule has 66 valence electrons. The lowest BCUT2D eigenvalue weighted by Crippen LogP contribution is -2.31. The lowest BCUT2D eigenvalue weighted by Gasteiger charge is -2.01. The van der Waals surface area contributed by atoms with E-state index in [1.54, 1.807) is 24.3 Å². The second kappa shape index (κ2) is 5.63. The van der Waals surface area contributed by atoms with Gasteiger partial charge in [0.05, 0.1) is 0 Å². The van der Waals surface area contributed by atoms with Gasteiger partial charge >= 0.3 is 7.12 Å². The number of anilines is 1. The maximum atomic E-state index is 8.68. The summed E-state index contributed by atoms with van der Waals surface area (Å²) in [6.07, 6.45) is 0. The molecule has 0 aromatic heterocycles. The van der Waals surface area contributed by atoms with Crippen molar-refractivity contribution in [1.29, 1.82) is 0 Å². The van der Waals surface area contributed by atoms with Crippen molar-refractivity contribution in [2.75, 3.05) is 5.73 Å². The van der Waals surface area contributed by atoms with Crippen LogP contribution >= 0.6 is 0 Å². The van der Waals surface area contributed by atoms with Gasteiger partial charge in [0.15, 0.2) is 0 Å². The van der Waals surface area contributed by atoms with Gasteiger partial charge in [0.2, 0.25) is 0 Å². The maximum absolute atomic E-state index is 8.68. The van der Waals surface area contributed by atoms with Gasteiger partial charge in [-0.05, 0) is 6.07 Å². The highest BCUT2D eigenvalue weighted by Crippen LogP contribution is 1.95. The average molecular weight is 167 g/mol. The van der Waals surface area contributed by atoms with Gasteiger partial charge in [0.25, 0.3) is 0 Å². The summed E-state index contributed by atoms with van der Waals surface area (Å²) in [4.78, 5) is 0. The van der Waals surface area contributed by atoms with E-state index in [1.165, 1.54) is 0 Å². The summed E-state index contributed by atoms with van der Waals surface area (Å²) in [7, 11) is -1.47. The molecule has 12 heavy (non-hydrogen) atoms. The van der Waals surface area contributed by atoms with Gasteiger partial charge in [-0.3, -0.25) is 0 Å². The van der Waals surface area contributed by atoms with E-state index < -0.39 is 7.12 Å². The van der Waals surface area contributed by atoms with E-state index in [2.05, 4.69) is 0 Å². The average Bonchev–Trinajstić information content (AvgIpc) is 2.08. The second-order valence-corrected chi connectivity index (χ2v) is 2.00. The number of para-hydroxylation sites is 1. The minimum Gasteiger partial charge on any atom is -0.423 e. The van der Waals surface area contributed by atoms with Gasteiger partial charge in [0, 0.05) is 11.2 Å². The van der Waals surface area contributed by atoms with Gasteiger partial charge in [-0.25, -0.2) is 0 Å². The molecule has 0 saturated heterocycles. The van der Waals surface area contributed by atoms with Crippen LogP contribution in [0.15, 0.2) is 24.3 Å². The Morgan fingerprint density at radius 1 is 1.17 bits per heavy atom. The van der Waals surface area contributed by atoms with Crippen LogP contribution in [0.5, 0.6) is 0 Å². The molecule has 1 aromatic carbocycles. The molecule has 0 bridgehead atoms. The number of benzene rings is 1. The van der Waals surface area contributed by atoms with Gasteiger partial charge in [-0.2, -0.15) is 0 Å². The van der Waals surface area contributed by atoms with Crippen LogP contribution in [0.1, 0.15) is 13.8 Å². The first-order valence-electron chi connectivity index (χ1n) is 3.92. The van der Waals surface area contributed by atoms with Crippen molar-refractivity contribution in [2.45, 2.75) is 13.8 Å². The van der Waals surface area contributed by atoms with Crippen molar-refractivity contribution < 1.29 is 10.0 Å². The molecule has 4 N–H and O–H groups in total. The minimum atomic E-state index is -1.47. The van der Waals surface area contributed by atoms with Crippen LogP contribution in [-0.2, 0) is 0 Å². The fourth-order valence-electron chi connectivity index (χ4n) is 0.746. The molecule has 0 radical (unpaired) electrons. The molecule has 3 nitrogen and oxygen atoms in total. The van der Waals surface area contributed by atoms with Crippen molar-refractivity contribution in [3.8, 4) is 0 Å². The fourth-order valence-corrected chi connectivity index (χ4v) is 0.746. The third-order valence-corrected chi connectivity index (χ3v) is 1.27. The van der Waals surface area contributed by atoms with Gasteiger partial charge in [-0.1, -0.05) is 32.0 Å². The van der Waals surface area contributed by atoms with Crippen molar-refractivity contribution in [1.82, 2.24) is 0 Å². The lowest BCUT2D eigenvalue weighted by molar-refractivity contribution is 0.426. The lowest BCUT2D eigenvalue weighted by atomic mass is 9.79. The second-order valence-electron chi connectivity index (χ2n) is 2.00. The molecule has 0 aliphatic rings. The molecule has 0 fully saturated rings. The summed E-state index contributed by atoms with van der Waals surface area (Å²) in [6, 6.07) is 6.63. The SMILES string of the molecule is CC.Nc1ccccc1B(O)O. The third kappa shape index (κ3) is 2.94. The first kappa shape index (κ1) is 11.0. The van der Waals surface area contributed by atoms with Crippen molar-refractivity contribution >= 4 is 18.3 Å². The van der Waals surface area contributed by atoms with E-state index in [4.69, 9.17) is 15.8 Å². The van der Waals surface area contributed by atoms with Crippen LogP contribution in [0.25, 0.3) is 0 Å². The Kier molecular flexibility index (Phi) is 5.16. The van der Waals surface area contributed by atoms with E-state index in [9.17, 15) is 0 Å². The van der Waals surface area contributed by atoms with E-state index in [0.717, 1.165) is 0 Å². The molecule has 0 atom stereocenters. The van der Waals surface area contributed by atoms with E-state index in [1.807, 2.05) is 13.8 Å². The Hall–Kier alpha value is -0.995. The van der Waals surface area contributed by atoms with E-state index in [0.29, 0.717) is 11.2 Å². The Morgan fingerprint density at radius 2 is 1.67 bits per heavy atom. The molecule has 0 unspecified atom stereocenters. The first-order valence-corrected chi connectivity index (χ1v) is 3.92. The first-order chi connectivity index (χ1) is 5.72. The molecule has 1 rings (SSSR count). The van der Waals surface area contributed by atoms with Crippen LogP contribution in [0.2, 0.25) is 0 Å². The molecule has 0 aliphatic carbocycles. The predicted molar refractivity (Wildman–Crippen MR) is 52.0 cm³/mol. The normalized spacial score (nSPS) is 8.33. The largest absolute Gasteiger partial charge is 0.490 e. The van der Waals surface area contributed by atoms with Crippen molar-refractivity contribution in [3.63, 3.8) is 0 Å². The Morgan fingerprint density at radius 3 is 2.00 bits per heavy atom. The van der Waals surface area contributed by atoms with Crippen LogP contribution in [0.3, 0.4) is 0 Å². The van der Waals surface area contributed by atoms with Crippen LogP contribution < -0.4 is 11.2 Å². The van der Waals surface area contributed by atoms with Crippen LogP contribution in [-0.4, -0.2) is 17.2 Å². The maximum Gasteiger partial charge on any atom is 0.490 e. The monoisotopic (exact) mass is 167 g/mol. The Labute approximate surface area is 73.0 Å². The summed E-state index contributed by atoms with van der Waals surface area (Å²) in [6.45, 7) is 4.00.